The molecule has 3 aromatic rings. The van der Waals surface area contributed by atoms with E-state index in [1.54, 1.807) is 55.6 Å². The van der Waals surface area contributed by atoms with Crippen molar-refractivity contribution in [3.63, 3.8) is 0 Å². The lowest BCUT2D eigenvalue weighted by atomic mass is 10.1. The second-order valence-corrected chi connectivity index (χ2v) is 9.32. The van der Waals surface area contributed by atoms with Gasteiger partial charge < -0.3 is 16.4 Å². The lowest BCUT2D eigenvalue weighted by Gasteiger charge is -2.27. The fourth-order valence-corrected chi connectivity index (χ4v) is 4.66. The largest absolute Gasteiger partial charge is 0.385 e. The van der Waals surface area contributed by atoms with Gasteiger partial charge in [0, 0.05) is 24.7 Å². The molecule has 0 fully saturated rings. The molecule has 0 spiro atoms. The van der Waals surface area contributed by atoms with E-state index in [0.29, 0.717) is 40.9 Å². The van der Waals surface area contributed by atoms with Crippen LogP contribution in [0, 0.1) is 11.8 Å². The van der Waals surface area contributed by atoms with E-state index in [1.807, 2.05) is 18.2 Å². The predicted molar refractivity (Wildman–Crippen MR) is 157 cm³/mol. The highest BCUT2D eigenvalue weighted by atomic mass is 16.2. The SMILES string of the molecule is C=CC(=O)NCCC#Cc1cccc2nc(C(C)NC(=O)C3C(N)=NC4C=CC=NN43)n(-c3ccccc3)c(=O)c12. The number of hydrogen-bond acceptors (Lipinski definition) is 8. The van der Waals surface area contributed by atoms with E-state index in [1.165, 1.54) is 15.7 Å². The Kier molecular flexibility index (Phi) is 7.74. The number of nitrogens with one attached hydrogen (secondary N) is 2. The van der Waals surface area contributed by atoms with Crippen molar-refractivity contribution in [1.82, 2.24) is 25.2 Å². The molecule has 0 saturated carbocycles. The normalized spacial score (nSPS) is 17.7. The van der Waals surface area contributed by atoms with E-state index in [2.05, 4.69) is 39.1 Å². The van der Waals surface area contributed by atoms with Crippen LogP contribution in [-0.2, 0) is 9.59 Å². The third kappa shape index (κ3) is 5.49. The summed E-state index contributed by atoms with van der Waals surface area (Å²) in [4.78, 5) is 48.0. The number of fused-ring (bicyclic) bond motifs is 2. The monoisotopic (exact) mass is 548 g/mol. The van der Waals surface area contributed by atoms with E-state index < -0.39 is 24.2 Å². The van der Waals surface area contributed by atoms with Crippen molar-refractivity contribution >= 4 is 34.8 Å². The Morgan fingerprint density at radius 3 is 2.78 bits per heavy atom. The molecule has 2 aliphatic rings. The van der Waals surface area contributed by atoms with E-state index >= 15 is 0 Å². The molecule has 1 aromatic heterocycles. The van der Waals surface area contributed by atoms with Crippen LogP contribution >= 0.6 is 0 Å². The third-order valence-corrected chi connectivity index (χ3v) is 6.56. The van der Waals surface area contributed by atoms with Gasteiger partial charge in [0.25, 0.3) is 11.5 Å². The summed E-state index contributed by atoms with van der Waals surface area (Å²) >= 11 is 0. The number of nitrogens with two attached hydrogens (primary N) is 1. The first kappa shape index (κ1) is 27.1. The molecule has 41 heavy (non-hydrogen) atoms. The van der Waals surface area contributed by atoms with Gasteiger partial charge in [0.15, 0.2) is 12.2 Å². The highest BCUT2D eigenvalue weighted by Gasteiger charge is 2.39. The van der Waals surface area contributed by atoms with E-state index in [9.17, 15) is 14.4 Å². The standard InChI is InChI=1S/C30H28N8O3/c1-3-24(39)32-17-8-7-11-20-12-9-15-22-25(20)30(41)37(21-13-5-4-6-14-21)28(35-22)19(2)34-29(40)26-27(31)36-23-16-10-18-33-38(23)26/h3-6,9-10,12-16,18-19,23,26H,1,8,17H2,2H3,(H2,31,36)(H,32,39)(H,34,40). The van der Waals surface area contributed by atoms with Gasteiger partial charge in [-0.15, -0.1) is 0 Å². The minimum atomic E-state index is -0.890. The highest BCUT2D eigenvalue weighted by Crippen LogP contribution is 2.23. The zero-order chi connectivity index (χ0) is 28.9. The number of benzene rings is 2. The van der Waals surface area contributed by atoms with Crippen molar-refractivity contribution < 1.29 is 9.59 Å². The van der Waals surface area contributed by atoms with Crippen LogP contribution in [0.3, 0.4) is 0 Å². The van der Waals surface area contributed by atoms with Crippen LogP contribution in [0.5, 0.6) is 0 Å². The Balaban J connectivity index is 1.51. The van der Waals surface area contributed by atoms with Crippen LogP contribution in [0.15, 0.2) is 88.2 Å². The van der Waals surface area contributed by atoms with Crippen molar-refractivity contribution in [2.24, 2.45) is 15.8 Å². The van der Waals surface area contributed by atoms with Crippen molar-refractivity contribution in [2.75, 3.05) is 6.54 Å². The second-order valence-electron chi connectivity index (χ2n) is 9.32. The number of carbonyl (C=O) groups excluding carboxylic acids is 2. The molecule has 0 saturated heterocycles. The summed E-state index contributed by atoms with van der Waals surface area (Å²) in [6.45, 7) is 5.53. The molecule has 4 N–H and O–H groups in total. The molecular formula is C30H28N8O3. The maximum Gasteiger partial charge on any atom is 0.267 e. The molecule has 2 aliphatic heterocycles. The van der Waals surface area contributed by atoms with Crippen molar-refractivity contribution in [2.45, 2.75) is 31.6 Å². The molecule has 11 heteroatoms. The number of rotatable bonds is 7. The van der Waals surface area contributed by atoms with Crippen LogP contribution in [0.4, 0.5) is 0 Å². The summed E-state index contributed by atoms with van der Waals surface area (Å²) < 4.78 is 1.49. The first-order valence-electron chi connectivity index (χ1n) is 13.0. The number of allylic oxidation sites excluding steroid dienone is 1. The van der Waals surface area contributed by atoms with Crippen molar-refractivity contribution in [3.8, 4) is 17.5 Å². The summed E-state index contributed by atoms with van der Waals surface area (Å²) in [5, 5.41) is 11.8. The molecule has 2 amide bonds. The van der Waals surface area contributed by atoms with Crippen molar-refractivity contribution in [1.29, 1.82) is 0 Å². The molecule has 11 nitrogen and oxygen atoms in total. The number of para-hydroxylation sites is 1. The number of hydrogen-bond donors (Lipinski definition) is 3. The molecule has 3 unspecified atom stereocenters. The fourth-order valence-electron chi connectivity index (χ4n) is 4.66. The molecule has 3 atom stereocenters. The summed E-state index contributed by atoms with van der Waals surface area (Å²) in [6.07, 6.45) is 6.27. The number of nitrogens with zero attached hydrogens (tertiary/aromatic N) is 5. The molecule has 2 aromatic carbocycles. The van der Waals surface area contributed by atoms with Gasteiger partial charge in [0.2, 0.25) is 5.91 Å². The molecule has 0 radical (unpaired) electrons. The van der Waals surface area contributed by atoms with Gasteiger partial charge in [-0.3, -0.25) is 19.0 Å². The Morgan fingerprint density at radius 2 is 2.00 bits per heavy atom. The molecular weight excluding hydrogens is 520 g/mol. The minimum absolute atomic E-state index is 0.155. The van der Waals surface area contributed by atoms with Gasteiger partial charge in [-0.2, -0.15) is 5.10 Å². The summed E-state index contributed by atoms with van der Waals surface area (Å²) in [5.74, 6) is 5.86. The molecule has 0 bridgehead atoms. The predicted octanol–water partition coefficient (Wildman–Crippen LogP) is 1.53. The first-order chi connectivity index (χ1) is 19.9. The molecule has 0 aliphatic carbocycles. The van der Waals surface area contributed by atoms with Gasteiger partial charge in [-0.05, 0) is 49.4 Å². The van der Waals surface area contributed by atoms with Gasteiger partial charge in [0.1, 0.15) is 11.7 Å². The lowest BCUT2D eigenvalue weighted by Crippen LogP contribution is -2.51. The van der Waals surface area contributed by atoms with Crippen molar-refractivity contribution in [3.05, 3.63) is 95.1 Å². The second kappa shape index (κ2) is 11.7. The van der Waals surface area contributed by atoms with E-state index in [-0.39, 0.29) is 17.3 Å². The Bertz CT molecular complexity index is 1730. The maximum absolute atomic E-state index is 14.1. The molecule has 3 heterocycles. The number of aliphatic imine (C=N–C) groups is 1. The number of amides is 2. The Hall–Kier alpha value is -5.50. The average molecular weight is 549 g/mol. The Morgan fingerprint density at radius 1 is 1.20 bits per heavy atom. The van der Waals surface area contributed by atoms with Crippen LogP contribution in [0.2, 0.25) is 0 Å². The quantitative estimate of drug-likeness (QED) is 0.232. The lowest BCUT2D eigenvalue weighted by molar-refractivity contribution is -0.125. The average Bonchev–Trinajstić information content (AvgIpc) is 3.32. The minimum Gasteiger partial charge on any atom is -0.385 e. The first-order valence-corrected chi connectivity index (χ1v) is 13.0. The van der Waals surface area contributed by atoms with Crippen LogP contribution in [-0.4, -0.2) is 57.2 Å². The Labute approximate surface area is 236 Å². The van der Waals surface area contributed by atoms with Gasteiger partial charge >= 0.3 is 0 Å². The zero-order valence-corrected chi connectivity index (χ0v) is 22.3. The molecule has 5 rings (SSSR count). The highest BCUT2D eigenvalue weighted by molar-refractivity contribution is 6.08. The van der Waals surface area contributed by atoms with Crippen LogP contribution in [0.1, 0.15) is 30.8 Å². The van der Waals surface area contributed by atoms with Gasteiger partial charge in [-0.25, -0.2) is 15.0 Å². The summed E-state index contributed by atoms with van der Waals surface area (Å²) in [5.41, 5.74) is 7.32. The number of amidine groups is 1. The topological polar surface area (TPSA) is 147 Å². The van der Waals surface area contributed by atoms with Crippen LogP contribution < -0.4 is 21.9 Å². The van der Waals surface area contributed by atoms with Crippen LogP contribution in [0.25, 0.3) is 16.6 Å². The maximum atomic E-state index is 14.1. The third-order valence-electron chi connectivity index (χ3n) is 6.56. The van der Waals surface area contributed by atoms with E-state index in [0.717, 1.165) is 0 Å². The number of hydrazone groups is 1. The van der Waals surface area contributed by atoms with Gasteiger partial charge in [0.05, 0.1) is 22.6 Å². The fraction of sp³-hybridized carbons (Fsp3) is 0.200. The van der Waals surface area contributed by atoms with E-state index in [4.69, 9.17) is 10.7 Å². The number of aromatic nitrogens is 2. The zero-order valence-electron chi connectivity index (χ0n) is 22.3. The van der Waals surface area contributed by atoms with Gasteiger partial charge in [-0.1, -0.05) is 42.7 Å². The summed E-state index contributed by atoms with van der Waals surface area (Å²) in [6, 6.07) is 12.8. The molecule has 206 valence electrons. The smallest absolute Gasteiger partial charge is 0.267 e. The summed E-state index contributed by atoms with van der Waals surface area (Å²) in [7, 11) is 0. The number of carbonyl (C=O) groups is 2.